The van der Waals surface area contributed by atoms with Crippen molar-refractivity contribution in [1.29, 1.82) is 0 Å². The summed E-state index contributed by atoms with van der Waals surface area (Å²) in [6, 6.07) is 0. The maximum atomic E-state index is 12.4. The number of alkyl halides is 3. The van der Waals surface area contributed by atoms with Gasteiger partial charge in [0.2, 0.25) is 15.9 Å². The van der Waals surface area contributed by atoms with Crippen LogP contribution in [0.3, 0.4) is 0 Å². The second kappa shape index (κ2) is 5.56. The second-order valence-corrected chi connectivity index (χ2v) is 7.72. The summed E-state index contributed by atoms with van der Waals surface area (Å²) in [5.41, 5.74) is 0. The van der Waals surface area contributed by atoms with Crippen LogP contribution in [0.1, 0.15) is 44.4 Å². The summed E-state index contributed by atoms with van der Waals surface area (Å²) in [6.45, 7) is 3.55. The fourth-order valence-corrected chi connectivity index (χ4v) is 3.55. The first-order valence-electron chi connectivity index (χ1n) is 6.52. The molecule has 2 heterocycles. The van der Waals surface area contributed by atoms with Crippen LogP contribution < -0.4 is 0 Å². The third kappa shape index (κ3) is 3.37. The number of hydrogen-bond acceptors (Lipinski definition) is 5. The highest BCUT2D eigenvalue weighted by molar-refractivity contribution is 7.89. The van der Waals surface area contributed by atoms with Gasteiger partial charge in [-0.2, -0.15) is 13.2 Å². The molecule has 120 valence electrons. The number of rotatable bonds is 3. The van der Waals surface area contributed by atoms with Crippen LogP contribution >= 0.6 is 0 Å². The van der Waals surface area contributed by atoms with Crippen LogP contribution in [0.25, 0.3) is 0 Å². The van der Waals surface area contributed by atoms with Gasteiger partial charge in [0.1, 0.15) is 0 Å². The van der Waals surface area contributed by atoms with Crippen LogP contribution in [0.5, 0.6) is 0 Å². The second-order valence-electron chi connectivity index (χ2n) is 5.23. The summed E-state index contributed by atoms with van der Waals surface area (Å²) in [5, 5.41) is 5.81. The van der Waals surface area contributed by atoms with Gasteiger partial charge in [0, 0.05) is 13.1 Å². The molecule has 0 saturated carbocycles. The lowest BCUT2D eigenvalue weighted by Crippen LogP contribution is -2.42. The lowest BCUT2D eigenvalue weighted by atomic mass is 10.00. The van der Waals surface area contributed by atoms with Crippen LogP contribution in [-0.2, 0) is 16.2 Å². The molecule has 0 spiro atoms. The Kier molecular flexibility index (Phi) is 4.29. The molecule has 0 radical (unpaired) electrons. The minimum Gasteiger partial charge on any atom is -0.417 e. The van der Waals surface area contributed by atoms with E-state index in [2.05, 4.69) is 14.6 Å². The Hall–Kier alpha value is -1.16. The zero-order valence-electron chi connectivity index (χ0n) is 11.6. The molecule has 10 heteroatoms. The van der Waals surface area contributed by atoms with E-state index < -0.39 is 33.3 Å². The smallest absolute Gasteiger partial charge is 0.417 e. The fraction of sp³-hybridized carbons (Fsp3) is 0.818. The molecule has 1 atom stereocenters. The Labute approximate surface area is 120 Å². The van der Waals surface area contributed by atoms with Crippen molar-refractivity contribution < 1.29 is 26.0 Å². The molecule has 1 aliphatic heterocycles. The first-order chi connectivity index (χ1) is 9.62. The van der Waals surface area contributed by atoms with Gasteiger partial charge < -0.3 is 4.42 Å². The lowest BCUT2D eigenvalue weighted by molar-refractivity contribution is -0.157. The number of piperidine rings is 1. The number of halogens is 3. The molecule has 1 aromatic rings. The highest BCUT2D eigenvalue weighted by Crippen LogP contribution is 2.32. The number of nitrogens with zero attached hydrogens (tertiary/aromatic N) is 3. The van der Waals surface area contributed by atoms with Crippen molar-refractivity contribution in [3.05, 3.63) is 11.8 Å². The molecule has 0 N–H and O–H groups in total. The van der Waals surface area contributed by atoms with Gasteiger partial charge in [-0.05, 0) is 26.7 Å². The lowest BCUT2D eigenvalue weighted by Gasteiger charge is -2.31. The molecule has 1 aliphatic rings. The van der Waals surface area contributed by atoms with Crippen LogP contribution in [0.15, 0.2) is 4.42 Å². The zero-order valence-corrected chi connectivity index (χ0v) is 12.4. The molecule has 1 unspecified atom stereocenters. The fourth-order valence-electron chi connectivity index (χ4n) is 2.19. The van der Waals surface area contributed by atoms with Gasteiger partial charge in [-0.3, -0.25) is 0 Å². The quantitative estimate of drug-likeness (QED) is 0.849. The zero-order chi connectivity index (χ0) is 15.8. The monoisotopic (exact) mass is 327 g/mol. The summed E-state index contributed by atoms with van der Waals surface area (Å²) in [5.74, 6) is -2.07. The number of sulfonamides is 1. The van der Waals surface area contributed by atoms with Gasteiger partial charge in [0.15, 0.2) is 0 Å². The Morgan fingerprint density at radius 3 is 2.52 bits per heavy atom. The van der Waals surface area contributed by atoms with Crippen molar-refractivity contribution >= 4 is 10.0 Å². The third-order valence-electron chi connectivity index (χ3n) is 3.37. The van der Waals surface area contributed by atoms with Crippen LogP contribution in [0.2, 0.25) is 0 Å². The summed E-state index contributed by atoms with van der Waals surface area (Å²) in [7, 11) is -3.44. The first-order valence-corrected chi connectivity index (χ1v) is 8.02. The molecule has 6 nitrogen and oxygen atoms in total. The van der Waals surface area contributed by atoms with E-state index in [0.717, 1.165) is 0 Å². The van der Waals surface area contributed by atoms with Crippen molar-refractivity contribution in [2.24, 2.45) is 0 Å². The minimum atomic E-state index is -4.69. The van der Waals surface area contributed by atoms with Crippen molar-refractivity contribution in [3.63, 3.8) is 0 Å². The molecule has 1 fully saturated rings. The van der Waals surface area contributed by atoms with E-state index >= 15 is 0 Å². The Balaban J connectivity index is 2.17. The molecule has 0 aliphatic carbocycles. The van der Waals surface area contributed by atoms with E-state index in [9.17, 15) is 21.6 Å². The maximum Gasteiger partial charge on any atom is 0.470 e. The Morgan fingerprint density at radius 1 is 1.33 bits per heavy atom. The summed E-state index contributed by atoms with van der Waals surface area (Å²) >= 11 is 0. The topological polar surface area (TPSA) is 76.3 Å². The minimum absolute atomic E-state index is 0.0694. The Morgan fingerprint density at radius 2 is 2.00 bits per heavy atom. The summed E-state index contributed by atoms with van der Waals surface area (Å²) in [4.78, 5) is 0. The Bertz CT molecular complexity index is 597. The van der Waals surface area contributed by atoms with Crippen molar-refractivity contribution in [2.45, 2.75) is 44.0 Å². The highest BCUT2D eigenvalue weighted by Gasteiger charge is 2.40. The van der Waals surface area contributed by atoms with E-state index in [1.165, 1.54) is 4.31 Å². The van der Waals surface area contributed by atoms with Gasteiger partial charge in [-0.15, -0.1) is 10.2 Å². The van der Waals surface area contributed by atoms with Crippen LogP contribution in [0.4, 0.5) is 13.2 Å². The molecule has 1 aromatic heterocycles. The third-order valence-corrected chi connectivity index (χ3v) is 5.61. The summed E-state index contributed by atoms with van der Waals surface area (Å²) in [6.07, 6.45) is -3.63. The average molecular weight is 327 g/mol. The predicted octanol–water partition coefficient (Wildman–Crippen LogP) is 2.01. The molecule has 21 heavy (non-hydrogen) atoms. The SMILES string of the molecule is CC(C)S(=O)(=O)N1CCCC(c2nnc(C(F)(F)F)o2)C1. The molecule has 2 rings (SSSR count). The predicted molar refractivity (Wildman–Crippen MR) is 66.9 cm³/mol. The summed E-state index contributed by atoms with van der Waals surface area (Å²) < 4.78 is 67.4. The van der Waals surface area contributed by atoms with Crippen LogP contribution in [-0.4, -0.2) is 41.3 Å². The standard InChI is InChI=1S/C11H16F3N3O3S/c1-7(2)21(18,19)17-5-3-4-8(6-17)9-15-16-10(20-9)11(12,13)14/h7-8H,3-6H2,1-2H3. The van der Waals surface area contributed by atoms with E-state index in [1.807, 2.05) is 0 Å². The van der Waals surface area contributed by atoms with Crippen LogP contribution in [0, 0.1) is 0 Å². The maximum absolute atomic E-state index is 12.4. The van der Waals surface area contributed by atoms with Gasteiger partial charge in [-0.25, -0.2) is 12.7 Å². The van der Waals surface area contributed by atoms with E-state index in [4.69, 9.17) is 0 Å². The first kappa shape index (κ1) is 16.2. The van der Waals surface area contributed by atoms with Gasteiger partial charge >= 0.3 is 12.1 Å². The highest BCUT2D eigenvalue weighted by atomic mass is 32.2. The molecular formula is C11H16F3N3O3S. The van der Waals surface area contributed by atoms with Gasteiger partial charge in [0.25, 0.3) is 0 Å². The van der Waals surface area contributed by atoms with E-state index in [-0.39, 0.29) is 12.4 Å². The molecule has 0 bridgehead atoms. The van der Waals surface area contributed by atoms with Crippen molar-refractivity contribution in [2.75, 3.05) is 13.1 Å². The normalized spacial score (nSPS) is 21.9. The van der Waals surface area contributed by atoms with Crippen molar-refractivity contribution in [3.8, 4) is 0 Å². The molecule has 1 saturated heterocycles. The average Bonchev–Trinajstić information content (AvgIpc) is 2.88. The molecule has 0 aromatic carbocycles. The largest absolute Gasteiger partial charge is 0.470 e. The van der Waals surface area contributed by atoms with E-state index in [1.54, 1.807) is 13.8 Å². The van der Waals surface area contributed by atoms with E-state index in [0.29, 0.717) is 19.4 Å². The molecular weight excluding hydrogens is 311 g/mol. The van der Waals surface area contributed by atoms with Gasteiger partial charge in [0.05, 0.1) is 11.2 Å². The number of aromatic nitrogens is 2. The number of hydrogen-bond donors (Lipinski definition) is 0. The van der Waals surface area contributed by atoms with Gasteiger partial charge in [-0.1, -0.05) is 0 Å². The van der Waals surface area contributed by atoms with Crippen molar-refractivity contribution in [1.82, 2.24) is 14.5 Å². The molecule has 0 amide bonds.